The lowest BCUT2D eigenvalue weighted by molar-refractivity contribution is 0.0924. The molecule has 2 rings (SSSR count). The van der Waals surface area contributed by atoms with Gasteiger partial charge in [-0.3, -0.25) is 9.69 Å². The average Bonchev–Trinajstić information content (AvgIpc) is 2.91. The van der Waals surface area contributed by atoms with Gasteiger partial charge in [-0.2, -0.15) is 0 Å². The van der Waals surface area contributed by atoms with Crippen molar-refractivity contribution < 1.29 is 4.79 Å². The zero-order valence-corrected chi connectivity index (χ0v) is 10.8. The quantitative estimate of drug-likeness (QED) is 0.823. The van der Waals surface area contributed by atoms with Crippen LogP contribution >= 0.6 is 23.7 Å². The van der Waals surface area contributed by atoms with Crippen LogP contribution in [0.1, 0.15) is 16.2 Å². The second-order valence-electron chi connectivity index (χ2n) is 3.82. The molecule has 90 valence electrons. The Morgan fingerprint density at radius 2 is 2.56 bits per heavy atom. The molecule has 0 saturated carbocycles. The Balaban J connectivity index is 0.00000128. The second-order valence-corrected chi connectivity index (χ2v) is 4.72. The van der Waals surface area contributed by atoms with Crippen LogP contribution in [0.4, 0.5) is 0 Å². The normalized spacial score (nSPS) is 19.8. The predicted molar refractivity (Wildman–Crippen MR) is 67.6 cm³/mol. The van der Waals surface area contributed by atoms with Crippen molar-refractivity contribution in [3.8, 4) is 0 Å². The summed E-state index contributed by atoms with van der Waals surface area (Å²) in [5.41, 5.74) is 0. The van der Waals surface area contributed by atoms with E-state index in [2.05, 4.69) is 15.2 Å². The number of nitrogens with zero attached hydrogens (tertiary/aromatic N) is 2. The van der Waals surface area contributed by atoms with Crippen LogP contribution in [0.2, 0.25) is 0 Å². The van der Waals surface area contributed by atoms with Gasteiger partial charge in [-0.1, -0.05) is 0 Å². The standard InChI is InChI=1S/C10H15N3OS.ClH/c1-13(8-2-3-11-6-8)7-9(14)10-12-4-5-15-10;/h4-5,8,11H,2-3,6-7H2,1H3;1H/t8-;/m0./s1. The molecule has 0 aromatic carbocycles. The number of carbonyl (C=O) groups is 1. The van der Waals surface area contributed by atoms with Crippen LogP contribution in [0.15, 0.2) is 11.6 Å². The maximum Gasteiger partial charge on any atom is 0.205 e. The molecule has 16 heavy (non-hydrogen) atoms. The molecule has 4 nitrogen and oxygen atoms in total. The van der Waals surface area contributed by atoms with E-state index in [0.29, 0.717) is 17.6 Å². The summed E-state index contributed by atoms with van der Waals surface area (Å²) in [6.07, 6.45) is 2.80. The minimum absolute atomic E-state index is 0. The van der Waals surface area contributed by atoms with Crippen molar-refractivity contribution in [2.24, 2.45) is 0 Å². The predicted octanol–water partition coefficient (Wildman–Crippen LogP) is 1.04. The maximum absolute atomic E-state index is 11.8. The second kappa shape index (κ2) is 6.30. The van der Waals surface area contributed by atoms with Crippen LogP contribution in [-0.4, -0.2) is 48.4 Å². The summed E-state index contributed by atoms with van der Waals surface area (Å²) in [5, 5.41) is 5.75. The average molecular weight is 262 g/mol. The van der Waals surface area contributed by atoms with E-state index in [-0.39, 0.29) is 18.2 Å². The van der Waals surface area contributed by atoms with Gasteiger partial charge in [-0.25, -0.2) is 4.98 Å². The number of aromatic nitrogens is 1. The Hall–Kier alpha value is -0.490. The third-order valence-electron chi connectivity index (χ3n) is 2.72. The SMILES string of the molecule is CN(CC(=O)c1nccs1)[C@H]1CCNC1.Cl. The van der Waals surface area contributed by atoms with Crippen molar-refractivity contribution in [3.63, 3.8) is 0 Å². The van der Waals surface area contributed by atoms with E-state index in [9.17, 15) is 4.79 Å². The van der Waals surface area contributed by atoms with Gasteiger partial charge >= 0.3 is 0 Å². The van der Waals surface area contributed by atoms with Crippen molar-refractivity contribution in [3.05, 3.63) is 16.6 Å². The van der Waals surface area contributed by atoms with Gasteiger partial charge in [0.05, 0.1) is 6.54 Å². The van der Waals surface area contributed by atoms with E-state index in [1.807, 2.05) is 12.4 Å². The number of carbonyl (C=O) groups excluding carboxylic acids is 1. The molecule has 0 unspecified atom stereocenters. The fourth-order valence-electron chi connectivity index (χ4n) is 1.80. The van der Waals surface area contributed by atoms with Crippen LogP contribution in [0.25, 0.3) is 0 Å². The summed E-state index contributed by atoms with van der Waals surface area (Å²) < 4.78 is 0. The fraction of sp³-hybridized carbons (Fsp3) is 0.600. The monoisotopic (exact) mass is 261 g/mol. The highest BCUT2D eigenvalue weighted by Gasteiger charge is 2.21. The number of thiazole rings is 1. The van der Waals surface area contributed by atoms with Gasteiger partial charge in [0.2, 0.25) is 5.78 Å². The van der Waals surface area contributed by atoms with Crippen LogP contribution in [0, 0.1) is 0 Å². The Bertz CT molecular complexity index is 325. The topological polar surface area (TPSA) is 45.2 Å². The summed E-state index contributed by atoms with van der Waals surface area (Å²) in [7, 11) is 2.00. The van der Waals surface area contributed by atoms with E-state index in [1.54, 1.807) is 6.20 Å². The van der Waals surface area contributed by atoms with E-state index in [0.717, 1.165) is 19.5 Å². The molecule has 1 aromatic heterocycles. The third-order valence-corrected chi connectivity index (χ3v) is 3.54. The molecule has 1 aliphatic heterocycles. The number of rotatable bonds is 4. The van der Waals surface area contributed by atoms with Crippen molar-refractivity contribution in [1.82, 2.24) is 15.2 Å². The first kappa shape index (κ1) is 13.6. The first-order valence-corrected chi connectivity index (χ1v) is 5.99. The summed E-state index contributed by atoms with van der Waals surface area (Å²) in [6, 6.07) is 0.494. The highest BCUT2D eigenvalue weighted by molar-refractivity contribution is 7.11. The number of ketones is 1. The van der Waals surface area contributed by atoms with E-state index < -0.39 is 0 Å². The van der Waals surface area contributed by atoms with Crippen LogP contribution in [0.3, 0.4) is 0 Å². The Morgan fingerprint density at radius 3 is 3.12 bits per heavy atom. The molecule has 1 saturated heterocycles. The lowest BCUT2D eigenvalue weighted by Gasteiger charge is -2.21. The number of halogens is 1. The first-order valence-electron chi connectivity index (χ1n) is 5.11. The molecule has 2 heterocycles. The molecule has 1 fully saturated rings. The van der Waals surface area contributed by atoms with Gasteiger partial charge in [-0.05, 0) is 20.0 Å². The number of nitrogens with one attached hydrogen (secondary N) is 1. The summed E-state index contributed by atoms with van der Waals surface area (Å²) in [6.45, 7) is 2.52. The summed E-state index contributed by atoms with van der Waals surface area (Å²) >= 11 is 1.41. The van der Waals surface area contributed by atoms with Crippen molar-refractivity contribution in [2.45, 2.75) is 12.5 Å². The highest BCUT2D eigenvalue weighted by Crippen LogP contribution is 2.09. The van der Waals surface area contributed by atoms with E-state index in [1.165, 1.54) is 11.3 Å². The highest BCUT2D eigenvalue weighted by atomic mass is 35.5. The van der Waals surface area contributed by atoms with Crippen molar-refractivity contribution in [1.29, 1.82) is 0 Å². The minimum atomic E-state index is 0. The van der Waals surface area contributed by atoms with E-state index >= 15 is 0 Å². The Kier molecular flexibility index (Phi) is 5.34. The molecule has 6 heteroatoms. The molecule has 1 aliphatic rings. The Labute approximate surface area is 105 Å². The number of likely N-dealkylation sites (N-methyl/N-ethyl adjacent to an activating group) is 1. The van der Waals surface area contributed by atoms with Gasteiger partial charge in [0.15, 0.2) is 5.01 Å². The Morgan fingerprint density at radius 1 is 1.75 bits per heavy atom. The first-order chi connectivity index (χ1) is 7.27. The number of hydrogen-bond donors (Lipinski definition) is 1. The molecule has 1 N–H and O–H groups in total. The van der Waals surface area contributed by atoms with Crippen LogP contribution in [0.5, 0.6) is 0 Å². The van der Waals surface area contributed by atoms with Gasteiger partial charge in [-0.15, -0.1) is 23.7 Å². The number of Topliss-reactive ketones (excluding diaryl/α,β-unsaturated/α-hetero) is 1. The zero-order valence-electron chi connectivity index (χ0n) is 9.18. The maximum atomic E-state index is 11.8. The molecular weight excluding hydrogens is 246 g/mol. The van der Waals surface area contributed by atoms with Crippen LogP contribution in [-0.2, 0) is 0 Å². The van der Waals surface area contributed by atoms with E-state index in [4.69, 9.17) is 0 Å². The lowest BCUT2D eigenvalue weighted by atomic mass is 10.2. The molecule has 0 spiro atoms. The fourth-order valence-corrected chi connectivity index (χ4v) is 2.37. The van der Waals surface area contributed by atoms with Gasteiger partial charge in [0, 0.05) is 24.2 Å². The van der Waals surface area contributed by atoms with Gasteiger partial charge in [0.1, 0.15) is 0 Å². The molecule has 0 aliphatic carbocycles. The van der Waals surface area contributed by atoms with Gasteiger partial charge < -0.3 is 5.32 Å². The summed E-state index contributed by atoms with van der Waals surface area (Å²) in [4.78, 5) is 17.9. The molecule has 0 bridgehead atoms. The number of hydrogen-bond acceptors (Lipinski definition) is 5. The molecule has 0 radical (unpaired) electrons. The summed E-state index contributed by atoms with van der Waals surface area (Å²) in [5.74, 6) is 0.124. The molecule has 1 atom stereocenters. The largest absolute Gasteiger partial charge is 0.315 e. The molecule has 0 amide bonds. The lowest BCUT2D eigenvalue weighted by Crippen LogP contribution is -2.37. The van der Waals surface area contributed by atoms with Crippen LogP contribution < -0.4 is 5.32 Å². The minimum Gasteiger partial charge on any atom is -0.315 e. The molecular formula is C10H16ClN3OS. The third kappa shape index (κ3) is 3.25. The van der Waals surface area contributed by atoms with Crippen molar-refractivity contribution >= 4 is 29.5 Å². The zero-order chi connectivity index (χ0) is 10.7. The van der Waals surface area contributed by atoms with Crippen molar-refractivity contribution in [2.75, 3.05) is 26.7 Å². The smallest absolute Gasteiger partial charge is 0.205 e. The van der Waals surface area contributed by atoms with Gasteiger partial charge in [0.25, 0.3) is 0 Å². The molecule has 1 aromatic rings.